The van der Waals surface area contributed by atoms with Gasteiger partial charge in [-0.05, 0) is 58.5 Å². The predicted molar refractivity (Wildman–Crippen MR) is 66.9 cm³/mol. The van der Waals surface area contributed by atoms with Gasteiger partial charge in [0, 0.05) is 6.04 Å². The van der Waals surface area contributed by atoms with Crippen LogP contribution in [0.1, 0.15) is 46.5 Å². The van der Waals surface area contributed by atoms with Crippen LogP contribution in [-0.2, 0) is 0 Å². The number of likely N-dealkylation sites (tertiary alicyclic amines) is 1. The average molecular weight is 223 g/mol. The highest BCUT2D eigenvalue weighted by molar-refractivity contribution is 5.00. The zero-order chi connectivity index (χ0) is 12.2. The number of nitrogens with two attached hydrogens (primary N) is 1. The molecule has 1 aliphatic heterocycles. The van der Waals surface area contributed by atoms with E-state index >= 15 is 0 Å². The van der Waals surface area contributed by atoms with Gasteiger partial charge in [0.25, 0.3) is 0 Å². The molecular formula is C13H25N3. The van der Waals surface area contributed by atoms with Crippen molar-refractivity contribution in [1.29, 1.82) is 5.26 Å². The highest BCUT2D eigenvalue weighted by atomic mass is 15.2. The molecule has 92 valence electrons. The van der Waals surface area contributed by atoms with Gasteiger partial charge in [0.1, 0.15) is 5.54 Å². The molecule has 2 N–H and O–H groups in total. The Hall–Kier alpha value is -0.590. The highest BCUT2D eigenvalue weighted by Crippen LogP contribution is 2.22. The molecule has 0 aromatic carbocycles. The Bertz CT molecular complexity index is 254. The Morgan fingerprint density at radius 2 is 2.19 bits per heavy atom. The minimum Gasteiger partial charge on any atom is -0.314 e. The number of hydrogen-bond donors (Lipinski definition) is 1. The minimum atomic E-state index is -0.647. The predicted octanol–water partition coefficient (Wildman–Crippen LogP) is 2.13. The van der Waals surface area contributed by atoms with Crippen LogP contribution in [0.3, 0.4) is 0 Å². The first kappa shape index (κ1) is 13.5. The van der Waals surface area contributed by atoms with Crippen molar-refractivity contribution in [3.63, 3.8) is 0 Å². The molecule has 3 heteroatoms. The summed E-state index contributed by atoms with van der Waals surface area (Å²) in [4.78, 5) is 2.54. The molecule has 0 bridgehead atoms. The van der Waals surface area contributed by atoms with Gasteiger partial charge >= 0.3 is 0 Å². The smallest absolute Gasteiger partial charge is 0.101 e. The SMILES string of the molecule is CC1CCN(CCCC(C)(N)C#N)C(C)C1. The third kappa shape index (κ3) is 4.11. The monoisotopic (exact) mass is 223 g/mol. The maximum Gasteiger partial charge on any atom is 0.101 e. The molecule has 0 radical (unpaired) electrons. The Morgan fingerprint density at radius 3 is 2.75 bits per heavy atom. The lowest BCUT2D eigenvalue weighted by atomic mass is 9.92. The van der Waals surface area contributed by atoms with Crippen LogP contribution in [-0.4, -0.2) is 29.6 Å². The van der Waals surface area contributed by atoms with E-state index in [1.807, 2.05) is 6.92 Å². The Morgan fingerprint density at radius 1 is 1.50 bits per heavy atom. The average Bonchev–Trinajstić information content (AvgIpc) is 2.21. The first-order valence-corrected chi connectivity index (χ1v) is 6.39. The van der Waals surface area contributed by atoms with Crippen molar-refractivity contribution in [2.24, 2.45) is 11.7 Å². The van der Waals surface area contributed by atoms with Gasteiger partial charge in [-0.1, -0.05) is 6.92 Å². The first-order chi connectivity index (χ1) is 7.44. The summed E-state index contributed by atoms with van der Waals surface area (Å²) in [6, 6.07) is 2.85. The number of piperidine rings is 1. The van der Waals surface area contributed by atoms with Crippen LogP contribution in [0.15, 0.2) is 0 Å². The summed E-state index contributed by atoms with van der Waals surface area (Å²) < 4.78 is 0. The van der Waals surface area contributed by atoms with Gasteiger partial charge in [0.15, 0.2) is 0 Å². The summed E-state index contributed by atoms with van der Waals surface area (Å²) in [5.41, 5.74) is 5.16. The third-order valence-electron chi connectivity index (χ3n) is 3.67. The van der Waals surface area contributed by atoms with E-state index in [-0.39, 0.29) is 0 Å². The number of nitrogens with zero attached hydrogens (tertiary/aromatic N) is 2. The molecule has 0 amide bonds. The normalized spacial score (nSPS) is 30.7. The fourth-order valence-corrected chi connectivity index (χ4v) is 2.49. The van der Waals surface area contributed by atoms with Crippen LogP contribution in [0.5, 0.6) is 0 Å². The van der Waals surface area contributed by atoms with Crippen LogP contribution < -0.4 is 5.73 Å². The zero-order valence-corrected chi connectivity index (χ0v) is 10.9. The molecule has 0 aromatic rings. The topological polar surface area (TPSA) is 53.0 Å². The van der Waals surface area contributed by atoms with Gasteiger partial charge in [0.2, 0.25) is 0 Å². The molecule has 0 spiro atoms. The largest absolute Gasteiger partial charge is 0.314 e. The van der Waals surface area contributed by atoms with Gasteiger partial charge in [-0.3, -0.25) is 0 Å². The second-order valence-corrected chi connectivity index (χ2v) is 5.65. The molecule has 3 atom stereocenters. The van der Waals surface area contributed by atoms with Crippen LogP contribution >= 0.6 is 0 Å². The molecule has 0 aromatic heterocycles. The maximum absolute atomic E-state index is 8.83. The van der Waals surface area contributed by atoms with E-state index in [2.05, 4.69) is 24.8 Å². The van der Waals surface area contributed by atoms with Gasteiger partial charge in [0.05, 0.1) is 6.07 Å². The summed E-state index contributed by atoms with van der Waals surface area (Å²) >= 11 is 0. The molecule has 0 saturated carbocycles. The van der Waals surface area contributed by atoms with Gasteiger partial charge in [-0.2, -0.15) is 5.26 Å². The summed E-state index contributed by atoms with van der Waals surface area (Å²) in [5, 5.41) is 8.83. The lowest BCUT2D eigenvalue weighted by molar-refractivity contribution is 0.126. The quantitative estimate of drug-likeness (QED) is 0.794. The standard InChI is InChI=1S/C13H25N3/c1-11-5-8-16(12(2)9-11)7-4-6-13(3,15)10-14/h11-12H,4-9,15H2,1-3H3. The second kappa shape index (κ2) is 5.65. The molecule has 1 heterocycles. The van der Waals surface area contributed by atoms with Crippen molar-refractivity contribution in [2.45, 2.75) is 58.0 Å². The van der Waals surface area contributed by atoms with E-state index in [0.29, 0.717) is 6.04 Å². The molecule has 1 saturated heterocycles. The van der Waals surface area contributed by atoms with E-state index in [4.69, 9.17) is 11.0 Å². The van der Waals surface area contributed by atoms with E-state index in [1.54, 1.807) is 0 Å². The fraction of sp³-hybridized carbons (Fsp3) is 0.923. The zero-order valence-electron chi connectivity index (χ0n) is 10.9. The molecule has 3 nitrogen and oxygen atoms in total. The molecule has 1 fully saturated rings. The maximum atomic E-state index is 8.83. The van der Waals surface area contributed by atoms with E-state index in [9.17, 15) is 0 Å². The number of nitriles is 1. The van der Waals surface area contributed by atoms with E-state index in [0.717, 1.165) is 25.3 Å². The van der Waals surface area contributed by atoms with Gasteiger partial charge in [-0.25, -0.2) is 0 Å². The number of hydrogen-bond acceptors (Lipinski definition) is 3. The van der Waals surface area contributed by atoms with Crippen LogP contribution in [0.2, 0.25) is 0 Å². The van der Waals surface area contributed by atoms with Crippen molar-refractivity contribution >= 4 is 0 Å². The summed E-state index contributed by atoms with van der Waals surface area (Å²) in [6.07, 6.45) is 4.43. The molecule has 1 aliphatic rings. The van der Waals surface area contributed by atoms with Crippen LogP contribution in [0, 0.1) is 17.2 Å². The summed E-state index contributed by atoms with van der Waals surface area (Å²) in [6.45, 7) is 8.75. The van der Waals surface area contributed by atoms with Gasteiger partial charge < -0.3 is 10.6 Å². The van der Waals surface area contributed by atoms with Crippen molar-refractivity contribution in [3.8, 4) is 6.07 Å². The van der Waals surface area contributed by atoms with Crippen molar-refractivity contribution < 1.29 is 0 Å². The molecular weight excluding hydrogens is 198 g/mol. The van der Waals surface area contributed by atoms with Crippen molar-refractivity contribution in [2.75, 3.05) is 13.1 Å². The molecule has 0 aliphatic carbocycles. The van der Waals surface area contributed by atoms with E-state index in [1.165, 1.54) is 19.4 Å². The van der Waals surface area contributed by atoms with Crippen molar-refractivity contribution in [1.82, 2.24) is 4.90 Å². The van der Waals surface area contributed by atoms with Gasteiger partial charge in [-0.15, -0.1) is 0 Å². The molecule has 1 rings (SSSR count). The van der Waals surface area contributed by atoms with E-state index < -0.39 is 5.54 Å². The minimum absolute atomic E-state index is 0.647. The Labute approximate surface area is 99.6 Å². The first-order valence-electron chi connectivity index (χ1n) is 6.39. The lowest BCUT2D eigenvalue weighted by Crippen LogP contribution is -2.42. The third-order valence-corrected chi connectivity index (χ3v) is 3.67. The molecule has 16 heavy (non-hydrogen) atoms. The van der Waals surface area contributed by atoms with Crippen LogP contribution in [0.4, 0.5) is 0 Å². The highest BCUT2D eigenvalue weighted by Gasteiger charge is 2.23. The van der Waals surface area contributed by atoms with Crippen LogP contribution in [0.25, 0.3) is 0 Å². The molecule has 3 unspecified atom stereocenters. The number of rotatable bonds is 4. The lowest BCUT2D eigenvalue weighted by Gasteiger charge is -2.36. The Balaban J connectivity index is 2.26. The van der Waals surface area contributed by atoms with Crippen molar-refractivity contribution in [3.05, 3.63) is 0 Å². The summed E-state index contributed by atoms with van der Waals surface area (Å²) in [5.74, 6) is 0.866. The fourth-order valence-electron chi connectivity index (χ4n) is 2.49. The Kier molecular flexibility index (Phi) is 4.76. The second-order valence-electron chi connectivity index (χ2n) is 5.65. The summed E-state index contributed by atoms with van der Waals surface area (Å²) in [7, 11) is 0.